The van der Waals surface area contributed by atoms with Crippen molar-refractivity contribution in [3.05, 3.63) is 83.1 Å². The van der Waals surface area contributed by atoms with Crippen molar-refractivity contribution < 1.29 is 28.2 Å². The maximum atomic E-state index is 13.8. The van der Waals surface area contributed by atoms with Gasteiger partial charge in [-0.05, 0) is 55.8 Å². The molecule has 7 nitrogen and oxygen atoms in total. The molecule has 1 saturated heterocycles. The van der Waals surface area contributed by atoms with Crippen LogP contribution in [0.15, 0.2) is 64.6 Å². The molecule has 5 rings (SSSR count). The summed E-state index contributed by atoms with van der Waals surface area (Å²) in [5, 5.41) is 11.5. The number of anilines is 1. The molecule has 3 heterocycles. The number of ether oxygens (including phenoxy) is 1. The fraction of sp³-hybridized carbons (Fsp3) is 0.222. The summed E-state index contributed by atoms with van der Waals surface area (Å²) in [7, 11) is 0. The summed E-state index contributed by atoms with van der Waals surface area (Å²) in [5.74, 6) is -1.08. The van der Waals surface area contributed by atoms with Crippen molar-refractivity contribution in [3.8, 4) is 5.75 Å². The van der Waals surface area contributed by atoms with E-state index in [9.17, 15) is 19.1 Å². The summed E-state index contributed by atoms with van der Waals surface area (Å²) >= 11 is 1.08. The monoisotopic (exact) mass is 506 g/mol. The number of benzene rings is 2. The quantitative estimate of drug-likeness (QED) is 0.140. The lowest BCUT2D eigenvalue weighted by molar-refractivity contribution is -0.132. The number of amides is 1. The van der Waals surface area contributed by atoms with Crippen LogP contribution in [0.1, 0.15) is 42.9 Å². The van der Waals surface area contributed by atoms with E-state index in [1.165, 1.54) is 23.1 Å². The number of ketones is 1. The molecule has 2 aromatic heterocycles. The highest BCUT2D eigenvalue weighted by molar-refractivity contribution is 7.22. The van der Waals surface area contributed by atoms with Crippen LogP contribution in [0.5, 0.6) is 5.75 Å². The molecule has 1 atom stereocenters. The lowest BCUT2D eigenvalue weighted by Crippen LogP contribution is -2.29. The van der Waals surface area contributed by atoms with E-state index in [4.69, 9.17) is 9.15 Å². The largest absolute Gasteiger partial charge is 0.507 e. The first-order chi connectivity index (χ1) is 17.4. The molecule has 36 heavy (non-hydrogen) atoms. The van der Waals surface area contributed by atoms with Gasteiger partial charge in [0.15, 0.2) is 5.13 Å². The van der Waals surface area contributed by atoms with Gasteiger partial charge >= 0.3 is 5.91 Å². The number of nitrogens with zero attached hydrogens (tertiary/aromatic N) is 2. The van der Waals surface area contributed by atoms with E-state index in [0.717, 1.165) is 24.2 Å². The predicted molar refractivity (Wildman–Crippen MR) is 135 cm³/mol. The summed E-state index contributed by atoms with van der Waals surface area (Å²) in [5.41, 5.74) is 0.705. The number of Topliss-reactive ketones (excluding diaryl/α,β-unsaturated/α-hetero) is 1. The number of fused-ring (bicyclic) bond motifs is 1. The van der Waals surface area contributed by atoms with Crippen LogP contribution < -0.4 is 9.64 Å². The highest BCUT2D eigenvalue weighted by atomic mass is 32.1. The fourth-order valence-corrected chi connectivity index (χ4v) is 5.13. The molecule has 184 valence electrons. The number of unbranched alkanes of at least 4 members (excludes halogenated alkanes) is 1. The van der Waals surface area contributed by atoms with Gasteiger partial charge in [-0.1, -0.05) is 36.8 Å². The topological polar surface area (TPSA) is 92.9 Å². The Labute approximate surface area is 210 Å². The molecule has 1 N–H and O–H groups in total. The SMILES string of the molecule is CCCCOc1cccc(/C(O)=C2\C(=O)C(=O)N(c3nc4ccc(F)cc4s3)C2c2ccc(C)o2)c1. The second-order valence-corrected chi connectivity index (χ2v) is 9.46. The first-order valence-corrected chi connectivity index (χ1v) is 12.4. The maximum Gasteiger partial charge on any atom is 0.302 e. The van der Waals surface area contributed by atoms with Gasteiger partial charge in [0.25, 0.3) is 5.78 Å². The Hall–Kier alpha value is -3.98. The minimum absolute atomic E-state index is 0.120. The van der Waals surface area contributed by atoms with Gasteiger partial charge in [-0.15, -0.1) is 0 Å². The van der Waals surface area contributed by atoms with Crippen molar-refractivity contribution in [2.45, 2.75) is 32.7 Å². The first-order valence-electron chi connectivity index (χ1n) is 11.5. The van der Waals surface area contributed by atoms with Gasteiger partial charge in [0.1, 0.15) is 34.9 Å². The van der Waals surface area contributed by atoms with Gasteiger partial charge in [-0.3, -0.25) is 14.5 Å². The highest BCUT2D eigenvalue weighted by Crippen LogP contribution is 2.44. The fourth-order valence-electron chi connectivity index (χ4n) is 4.11. The van der Waals surface area contributed by atoms with E-state index >= 15 is 0 Å². The standard InChI is InChI=1S/C27H23FN2O5S/c1-3-4-12-34-18-7-5-6-16(13-18)24(31)22-23(20-11-8-15(2)35-20)30(26(33)25(22)32)27-29-19-10-9-17(28)14-21(19)36-27/h5-11,13-14,23,31H,3-4,12H2,1-2H3/b24-22+. The number of aliphatic hydroxyl groups excluding tert-OH is 1. The zero-order chi connectivity index (χ0) is 25.4. The van der Waals surface area contributed by atoms with Crippen molar-refractivity contribution in [2.24, 2.45) is 0 Å². The summed E-state index contributed by atoms with van der Waals surface area (Å²) in [6, 6.07) is 13.2. The van der Waals surface area contributed by atoms with Crippen LogP contribution >= 0.6 is 11.3 Å². The van der Waals surface area contributed by atoms with Crippen LogP contribution in [0.2, 0.25) is 0 Å². The molecule has 0 aliphatic carbocycles. The van der Waals surface area contributed by atoms with Crippen LogP contribution in [0.4, 0.5) is 9.52 Å². The molecule has 1 aliphatic rings. The minimum Gasteiger partial charge on any atom is -0.507 e. The Morgan fingerprint density at radius 2 is 2.03 bits per heavy atom. The van der Waals surface area contributed by atoms with Gasteiger partial charge in [0.05, 0.1) is 22.4 Å². The van der Waals surface area contributed by atoms with Crippen molar-refractivity contribution in [1.29, 1.82) is 0 Å². The molecule has 1 unspecified atom stereocenters. The van der Waals surface area contributed by atoms with Crippen molar-refractivity contribution >= 4 is 44.1 Å². The Morgan fingerprint density at radius 1 is 1.19 bits per heavy atom. The molecule has 2 aromatic carbocycles. The van der Waals surface area contributed by atoms with E-state index in [1.807, 2.05) is 0 Å². The number of rotatable bonds is 7. The van der Waals surface area contributed by atoms with E-state index < -0.39 is 23.5 Å². The normalized spacial score (nSPS) is 17.3. The summed E-state index contributed by atoms with van der Waals surface area (Å²) < 4.78 is 25.9. The smallest absolute Gasteiger partial charge is 0.302 e. The van der Waals surface area contributed by atoms with Crippen LogP contribution in [0, 0.1) is 12.7 Å². The average Bonchev–Trinajstić information content (AvgIpc) is 3.54. The second-order valence-electron chi connectivity index (χ2n) is 8.46. The number of thiazole rings is 1. The number of hydrogen-bond donors (Lipinski definition) is 1. The highest BCUT2D eigenvalue weighted by Gasteiger charge is 2.49. The van der Waals surface area contributed by atoms with Crippen LogP contribution in [0.25, 0.3) is 16.0 Å². The second kappa shape index (κ2) is 9.58. The Bertz CT molecular complexity index is 1500. The number of halogens is 1. The predicted octanol–water partition coefficient (Wildman–Crippen LogP) is 6.14. The summed E-state index contributed by atoms with van der Waals surface area (Å²) in [6.07, 6.45) is 1.86. The minimum atomic E-state index is -1.05. The van der Waals surface area contributed by atoms with E-state index in [-0.39, 0.29) is 16.5 Å². The van der Waals surface area contributed by atoms with Gasteiger partial charge in [-0.25, -0.2) is 9.37 Å². The number of aromatic nitrogens is 1. The number of hydrogen-bond acceptors (Lipinski definition) is 7. The van der Waals surface area contributed by atoms with Crippen LogP contribution in [-0.2, 0) is 9.59 Å². The number of carbonyl (C=O) groups excluding carboxylic acids is 2. The lowest BCUT2D eigenvalue weighted by atomic mass is 9.99. The summed E-state index contributed by atoms with van der Waals surface area (Å²) in [4.78, 5) is 32.2. The number of furan rings is 1. The summed E-state index contributed by atoms with van der Waals surface area (Å²) in [6.45, 7) is 4.32. The molecule has 0 radical (unpaired) electrons. The Kier molecular flexibility index (Phi) is 6.32. The lowest BCUT2D eigenvalue weighted by Gasteiger charge is -2.20. The molecule has 9 heteroatoms. The van der Waals surface area contributed by atoms with E-state index in [0.29, 0.717) is 39.7 Å². The number of aryl methyl sites for hydroxylation is 1. The third-order valence-electron chi connectivity index (χ3n) is 5.89. The van der Waals surface area contributed by atoms with Crippen molar-refractivity contribution in [3.63, 3.8) is 0 Å². The van der Waals surface area contributed by atoms with E-state index in [2.05, 4.69) is 11.9 Å². The maximum absolute atomic E-state index is 13.8. The molecule has 0 spiro atoms. The number of aliphatic hydroxyl groups is 1. The zero-order valence-corrected chi connectivity index (χ0v) is 20.5. The van der Waals surface area contributed by atoms with E-state index in [1.54, 1.807) is 43.3 Å². The van der Waals surface area contributed by atoms with Crippen molar-refractivity contribution in [1.82, 2.24) is 4.98 Å². The zero-order valence-electron chi connectivity index (χ0n) is 19.7. The Balaban J connectivity index is 1.63. The third kappa shape index (κ3) is 4.26. The average molecular weight is 507 g/mol. The Morgan fingerprint density at radius 3 is 2.78 bits per heavy atom. The van der Waals surface area contributed by atoms with Gasteiger partial charge in [0.2, 0.25) is 0 Å². The molecule has 4 aromatic rings. The molecule has 0 saturated carbocycles. The van der Waals surface area contributed by atoms with Crippen molar-refractivity contribution in [2.75, 3.05) is 11.5 Å². The van der Waals surface area contributed by atoms with Gasteiger partial charge < -0.3 is 14.3 Å². The molecule has 1 amide bonds. The third-order valence-corrected chi connectivity index (χ3v) is 6.91. The van der Waals surface area contributed by atoms with Gasteiger partial charge in [0, 0.05) is 5.56 Å². The molecule has 1 aliphatic heterocycles. The first kappa shape index (κ1) is 23.7. The van der Waals surface area contributed by atoms with Crippen LogP contribution in [-0.4, -0.2) is 28.4 Å². The molecular weight excluding hydrogens is 483 g/mol. The van der Waals surface area contributed by atoms with Crippen LogP contribution in [0.3, 0.4) is 0 Å². The number of carbonyl (C=O) groups is 2. The van der Waals surface area contributed by atoms with Gasteiger partial charge in [-0.2, -0.15) is 0 Å². The molecule has 1 fully saturated rings. The molecular formula is C27H23FN2O5S. The molecule has 0 bridgehead atoms.